The molecule has 1 aromatic heterocycles. The number of aromatic nitrogens is 2. The van der Waals surface area contributed by atoms with Crippen molar-refractivity contribution in [2.24, 2.45) is 11.8 Å². The highest BCUT2D eigenvalue weighted by atomic mass is 15.1. The van der Waals surface area contributed by atoms with Crippen molar-refractivity contribution in [3.63, 3.8) is 0 Å². The highest BCUT2D eigenvalue weighted by Gasteiger charge is 2.32. The molecule has 2 rings (SSSR count). The molecule has 1 aromatic rings. The largest absolute Gasteiger partial charge is 0.334 e. The van der Waals surface area contributed by atoms with Gasteiger partial charge in [-0.25, -0.2) is 4.98 Å². The Morgan fingerprint density at radius 1 is 1.58 bits per heavy atom. The van der Waals surface area contributed by atoms with Crippen LogP contribution in [0.15, 0.2) is 12.4 Å². The molecule has 0 radical (unpaired) electrons. The Bertz CT molecular complexity index is 275. The van der Waals surface area contributed by atoms with E-state index in [9.17, 15) is 0 Å². The molecule has 0 bridgehead atoms. The lowest BCUT2D eigenvalue weighted by atomic mass is 9.86. The van der Waals surface area contributed by atoms with Gasteiger partial charge in [-0.1, -0.05) is 20.8 Å². The lowest BCUT2D eigenvalue weighted by Crippen LogP contribution is -2.11. The molecule has 0 aromatic carbocycles. The Kier molecular flexibility index (Phi) is 1.71. The predicted molar refractivity (Wildman–Crippen MR) is 49.0 cm³/mol. The summed E-state index contributed by atoms with van der Waals surface area (Å²) in [6, 6.07) is 0. The maximum Gasteiger partial charge on any atom is 0.112 e. The summed E-state index contributed by atoms with van der Waals surface area (Å²) in [5, 5.41) is 0. The Balaban J connectivity index is 2.35. The van der Waals surface area contributed by atoms with Crippen molar-refractivity contribution in [1.82, 2.24) is 9.55 Å². The summed E-state index contributed by atoms with van der Waals surface area (Å²) < 4.78 is 2.29. The van der Waals surface area contributed by atoms with E-state index in [1.54, 1.807) is 0 Å². The van der Waals surface area contributed by atoms with Crippen molar-refractivity contribution in [2.45, 2.75) is 33.2 Å². The topological polar surface area (TPSA) is 17.8 Å². The van der Waals surface area contributed by atoms with Gasteiger partial charge < -0.3 is 4.57 Å². The van der Waals surface area contributed by atoms with Gasteiger partial charge in [-0.05, 0) is 11.8 Å². The van der Waals surface area contributed by atoms with E-state index in [1.807, 2.05) is 6.20 Å². The zero-order chi connectivity index (χ0) is 8.72. The lowest BCUT2D eigenvalue weighted by molar-refractivity contribution is 0.381. The van der Waals surface area contributed by atoms with Gasteiger partial charge in [0.05, 0.1) is 0 Å². The van der Waals surface area contributed by atoms with E-state index in [1.165, 1.54) is 5.82 Å². The predicted octanol–water partition coefficient (Wildman–Crippen LogP) is 2.27. The van der Waals surface area contributed by atoms with Crippen LogP contribution in [0.5, 0.6) is 0 Å². The van der Waals surface area contributed by atoms with Crippen molar-refractivity contribution >= 4 is 0 Å². The second-order valence-electron chi connectivity index (χ2n) is 4.18. The normalized spacial score (nSPS) is 28.0. The highest BCUT2D eigenvalue weighted by Crippen LogP contribution is 2.37. The van der Waals surface area contributed by atoms with Crippen LogP contribution < -0.4 is 0 Å². The third kappa shape index (κ3) is 0.977. The molecule has 2 nitrogen and oxygen atoms in total. The molecule has 0 saturated carbocycles. The van der Waals surface area contributed by atoms with Crippen LogP contribution in [-0.2, 0) is 6.54 Å². The van der Waals surface area contributed by atoms with Gasteiger partial charge >= 0.3 is 0 Å². The van der Waals surface area contributed by atoms with Gasteiger partial charge in [0.2, 0.25) is 0 Å². The van der Waals surface area contributed by atoms with Crippen molar-refractivity contribution in [1.29, 1.82) is 0 Å². The van der Waals surface area contributed by atoms with Crippen molar-refractivity contribution in [3.8, 4) is 0 Å². The standard InChI is InChI=1S/C10H16N2/c1-7(2)9-8(3)6-12-5-4-11-10(9)12/h4-5,7-9H,6H2,1-3H3. The molecule has 2 atom stereocenters. The van der Waals surface area contributed by atoms with E-state index in [4.69, 9.17) is 0 Å². The van der Waals surface area contributed by atoms with Crippen molar-refractivity contribution in [3.05, 3.63) is 18.2 Å². The first-order chi connectivity index (χ1) is 5.70. The fraction of sp³-hybridized carbons (Fsp3) is 0.700. The average molecular weight is 164 g/mol. The summed E-state index contributed by atoms with van der Waals surface area (Å²) in [7, 11) is 0. The Hall–Kier alpha value is -0.790. The summed E-state index contributed by atoms with van der Waals surface area (Å²) in [5.41, 5.74) is 0. The van der Waals surface area contributed by atoms with Crippen LogP contribution in [0.25, 0.3) is 0 Å². The van der Waals surface area contributed by atoms with E-state index >= 15 is 0 Å². The second kappa shape index (κ2) is 2.61. The van der Waals surface area contributed by atoms with E-state index in [0.29, 0.717) is 11.8 Å². The molecule has 0 N–H and O–H groups in total. The minimum absolute atomic E-state index is 0.667. The molecule has 1 aliphatic rings. The number of fused-ring (bicyclic) bond motifs is 1. The minimum atomic E-state index is 0.667. The molecule has 66 valence electrons. The molecule has 0 aliphatic carbocycles. The van der Waals surface area contributed by atoms with Crippen LogP contribution >= 0.6 is 0 Å². The number of imidazole rings is 1. The van der Waals surface area contributed by atoms with Gasteiger partial charge in [0, 0.05) is 24.9 Å². The van der Waals surface area contributed by atoms with Crippen LogP contribution in [0, 0.1) is 11.8 Å². The summed E-state index contributed by atoms with van der Waals surface area (Å²) in [5.74, 6) is 3.43. The van der Waals surface area contributed by atoms with Gasteiger partial charge in [0.15, 0.2) is 0 Å². The Morgan fingerprint density at radius 2 is 2.33 bits per heavy atom. The molecular weight excluding hydrogens is 148 g/mol. The summed E-state index contributed by atoms with van der Waals surface area (Å²) in [6.45, 7) is 8.04. The summed E-state index contributed by atoms with van der Waals surface area (Å²) in [4.78, 5) is 4.41. The van der Waals surface area contributed by atoms with Crippen LogP contribution in [0.1, 0.15) is 32.5 Å². The molecule has 0 saturated heterocycles. The Labute approximate surface area is 73.6 Å². The molecule has 0 amide bonds. The molecule has 2 unspecified atom stereocenters. The monoisotopic (exact) mass is 164 g/mol. The van der Waals surface area contributed by atoms with Crippen molar-refractivity contribution < 1.29 is 0 Å². The molecular formula is C10H16N2. The molecule has 0 spiro atoms. The van der Waals surface area contributed by atoms with E-state index in [2.05, 4.69) is 36.5 Å². The van der Waals surface area contributed by atoms with Gasteiger partial charge in [-0.2, -0.15) is 0 Å². The maximum atomic E-state index is 4.41. The van der Waals surface area contributed by atoms with Crippen molar-refractivity contribution in [2.75, 3.05) is 0 Å². The first-order valence-corrected chi connectivity index (χ1v) is 4.71. The van der Waals surface area contributed by atoms with Gasteiger partial charge in [-0.15, -0.1) is 0 Å². The average Bonchev–Trinajstić information content (AvgIpc) is 2.44. The SMILES string of the molecule is CC(C)C1c2nccn2CC1C. The van der Waals surface area contributed by atoms with Gasteiger partial charge in [0.1, 0.15) is 5.82 Å². The quantitative estimate of drug-likeness (QED) is 0.622. The van der Waals surface area contributed by atoms with Crippen LogP contribution in [-0.4, -0.2) is 9.55 Å². The smallest absolute Gasteiger partial charge is 0.112 e. The summed E-state index contributed by atoms with van der Waals surface area (Å²) >= 11 is 0. The second-order valence-corrected chi connectivity index (χ2v) is 4.18. The number of nitrogens with zero attached hydrogens (tertiary/aromatic N) is 2. The zero-order valence-corrected chi connectivity index (χ0v) is 7.99. The number of hydrogen-bond donors (Lipinski definition) is 0. The number of rotatable bonds is 1. The van der Waals surface area contributed by atoms with Crippen LogP contribution in [0.3, 0.4) is 0 Å². The molecule has 2 heteroatoms. The fourth-order valence-electron chi connectivity index (χ4n) is 2.41. The third-order valence-corrected chi connectivity index (χ3v) is 2.86. The zero-order valence-electron chi connectivity index (χ0n) is 7.99. The molecule has 12 heavy (non-hydrogen) atoms. The van der Waals surface area contributed by atoms with E-state index < -0.39 is 0 Å². The van der Waals surface area contributed by atoms with Gasteiger partial charge in [-0.3, -0.25) is 0 Å². The van der Waals surface area contributed by atoms with E-state index in [0.717, 1.165) is 12.5 Å². The third-order valence-electron chi connectivity index (χ3n) is 2.86. The Morgan fingerprint density at radius 3 is 3.00 bits per heavy atom. The summed E-state index contributed by atoms with van der Waals surface area (Å²) in [6.07, 6.45) is 4.00. The van der Waals surface area contributed by atoms with E-state index in [-0.39, 0.29) is 0 Å². The molecule has 2 heterocycles. The molecule has 0 fully saturated rings. The lowest BCUT2D eigenvalue weighted by Gasteiger charge is -2.17. The maximum absolute atomic E-state index is 4.41. The van der Waals surface area contributed by atoms with Crippen LogP contribution in [0.4, 0.5) is 0 Å². The first kappa shape index (κ1) is 7.84. The highest BCUT2D eigenvalue weighted by molar-refractivity contribution is 5.08. The first-order valence-electron chi connectivity index (χ1n) is 4.71. The fourth-order valence-corrected chi connectivity index (χ4v) is 2.41. The van der Waals surface area contributed by atoms with Gasteiger partial charge in [0.25, 0.3) is 0 Å². The van der Waals surface area contributed by atoms with Crippen LogP contribution in [0.2, 0.25) is 0 Å². The molecule has 1 aliphatic heterocycles. The minimum Gasteiger partial charge on any atom is -0.334 e. The number of hydrogen-bond acceptors (Lipinski definition) is 1.